The van der Waals surface area contributed by atoms with Gasteiger partial charge in [-0.3, -0.25) is 9.13 Å². The van der Waals surface area contributed by atoms with E-state index in [0.717, 1.165) is 11.1 Å². The van der Waals surface area contributed by atoms with E-state index in [-0.39, 0.29) is 18.3 Å². The summed E-state index contributed by atoms with van der Waals surface area (Å²) in [6.45, 7) is 4.63. The Bertz CT molecular complexity index is 697. The molecule has 110 valence electrons. The van der Waals surface area contributed by atoms with Crippen LogP contribution in [0, 0.1) is 11.8 Å². The second-order valence-electron chi connectivity index (χ2n) is 5.18. The van der Waals surface area contributed by atoms with Gasteiger partial charge in [0, 0.05) is 30.4 Å². The van der Waals surface area contributed by atoms with E-state index in [4.69, 9.17) is 5.11 Å². The Hall–Kier alpha value is -2.25. The molecule has 21 heavy (non-hydrogen) atoms. The van der Waals surface area contributed by atoms with Gasteiger partial charge in [0.25, 0.3) is 0 Å². The Morgan fingerprint density at radius 1 is 1.19 bits per heavy atom. The van der Waals surface area contributed by atoms with Gasteiger partial charge in [-0.1, -0.05) is 24.0 Å². The van der Waals surface area contributed by atoms with Crippen LogP contribution in [0.4, 0.5) is 0 Å². The van der Waals surface area contributed by atoms with Crippen LogP contribution >= 0.6 is 0 Å². The van der Waals surface area contributed by atoms with E-state index in [0.29, 0.717) is 13.0 Å². The molecule has 0 atom stereocenters. The van der Waals surface area contributed by atoms with Crippen molar-refractivity contribution in [1.29, 1.82) is 0 Å². The van der Waals surface area contributed by atoms with Gasteiger partial charge < -0.3 is 5.11 Å². The SMILES string of the molecule is CC(C)n1ccn(Cc2ccc(C#CCCO)cc2)c1=O. The molecule has 1 heterocycles. The maximum Gasteiger partial charge on any atom is 0.328 e. The van der Waals surface area contributed by atoms with Gasteiger partial charge in [0.2, 0.25) is 0 Å². The van der Waals surface area contributed by atoms with Crippen molar-refractivity contribution in [3.8, 4) is 11.8 Å². The standard InChI is InChI=1S/C17H20N2O2/c1-14(2)19-11-10-18(17(19)21)13-16-8-6-15(7-9-16)5-3-4-12-20/h6-11,14,20H,4,12-13H2,1-2H3. The van der Waals surface area contributed by atoms with Gasteiger partial charge in [-0.05, 0) is 31.5 Å². The van der Waals surface area contributed by atoms with Crippen LogP contribution in [0.15, 0.2) is 41.5 Å². The molecule has 0 saturated carbocycles. The lowest BCUT2D eigenvalue weighted by Gasteiger charge is -2.05. The molecule has 0 unspecified atom stereocenters. The van der Waals surface area contributed by atoms with Gasteiger partial charge in [0.1, 0.15) is 0 Å². The molecule has 4 nitrogen and oxygen atoms in total. The smallest absolute Gasteiger partial charge is 0.328 e. The van der Waals surface area contributed by atoms with Crippen LogP contribution in [-0.4, -0.2) is 20.8 Å². The number of nitrogens with zero attached hydrogens (tertiary/aromatic N) is 2. The van der Waals surface area contributed by atoms with Crippen molar-refractivity contribution < 1.29 is 5.11 Å². The molecule has 1 aromatic carbocycles. The fraction of sp³-hybridized carbons (Fsp3) is 0.353. The second-order valence-corrected chi connectivity index (χ2v) is 5.18. The predicted molar refractivity (Wildman–Crippen MR) is 83.2 cm³/mol. The molecule has 0 spiro atoms. The van der Waals surface area contributed by atoms with Gasteiger partial charge in [-0.25, -0.2) is 4.79 Å². The van der Waals surface area contributed by atoms with Crippen LogP contribution in [0.3, 0.4) is 0 Å². The van der Waals surface area contributed by atoms with Crippen molar-refractivity contribution in [3.05, 3.63) is 58.3 Å². The third-order valence-electron chi connectivity index (χ3n) is 3.21. The van der Waals surface area contributed by atoms with E-state index in [9.17, 15) is 4.79 Å². The highest BCUT2D eigenvalue weighted by molar-refractivity contribution is 5.36. The molecule has 0 radical (unpaired) electrons. The van der Waals surface area contributed by atoms with Crippen molar-refractivity contribution >= 4 is 0 Å². The third-order valence-corrected chi connectivity index (χ3v) is 3.21. The molecular weight excluding hydrogens is 264 g/mol. The summed E-state index contributed by atoms with van der Waals surface area (Å²) < 4.78 is 3.42. The Kier molecular flexibility index (Phi) is 5.02. The first-order chi connectivity index (χ1) is 10.1. The molecule has 1 N–H and O–H groups in total. The Labute approximate surface area is 124 Å². The van der Waals surface area contributed by atoms with Gasteiger partial charge in [0.05, 0.1) is 13.2 Å². The van der Waals surface area contributed by atoms with Crippen LogP contribution in [0.1, 0.15) is 37.4 Å². The van der Waals surface area contributed by atoms with E-state index in [1.807, 2.05) is 50.5 Å². The first-order valence-electron chi connectivity index (χ1n) is 7.07. The number of hydrogen-bond acceptors (Lipinski definition) is 2. The number of hydrogen-bond donors (Lipinski definition) is 1. The normalized spacial score (nSPS) is 10.5. The van der Waals surface area contributed by atoms with E-state index in [1.165, 1.54) is 0 Å². The zero-order valence-corrected chi connectivity index (χ0v) is 12.4. The molecule has 2 aromatic rings. The number of imidazole rings is 1. The highest BCUT2D eigenvalue weighted by Crippen LogP contribution is 2.06. The summed E-state index contributed by atoms with van der Waals surface area (Å²) in [7, 11) is 0. The summed E-state index contributed by atoms with van der Waals surface area (Å²) in [4.78, 5) is 12.1. The Morgan fingerprint density at radius 2 is 1.90 bits per heavy atom. The zero-order valence-electron chi connectivity index (χ0n) is 12.4. The summed E-state index contributed by atoms with van der Waals surface area (Å²) in [5.74, 6) is 5.87. The minimum absolute atomic E-state index is 0.0109. The molecule has 0 aliphatic heterocycles. The average molecular weight is 284 g/mol. The largest absolute Gasteiger partial charge is 0.395 e. The summed E-state index contributed by atoms with van der Waals surface area (Å²) in [5, 5.41) is 8.68. The van der Waals surface area contributed by atoms with Crippen molar-refractivity contribution in [2.45, 2.75) is 32.9 Å². The van der Waals surface area contributed by atoms with Gasteiger partial charge >= 0.3 is 5.69 Å². The number of aliphatic hydroxyl groups is 1. The summed E-state index contributed by atoms with van der Waals surface area (Å²) in [6.07, 6.45) is 4.12. The highest BCUT2D eigenvalue weighted by Gasteiger charge is 2.06. The van der Waals surface area contributed by atoms with Crippen LogP contribution in [0.2, 0.25) is 0 Å². The number of aromatic nitrogens is 2. The lowest BCUT2D eigenvalue weighted by molar-refractivity contribution is 0.305. The maximum absolute atomic E-state index is 12.1. The van der Waals surface area contributed by atoms with Gasteiger partial charge in [-0.2, -0.15) is 0 Å². The fourth-order valence-corrected chi connectivity index (χ4v) is 2.05. The van der Waals surface area contributed by atoms with Crippen molar-refractivity contribution in [3.63, 3.8) is 0 Å². The van der Waals surface area contributed by atoms with E-state index >= 15 is 0 Å². The molecule has 0 aliphatic rings. The summed E-state index contributed by atoms with van der Waals surface area (Å²) in [5.41, 5.74) is 1.99. The zero-order chi connectivity index (χ0) is 15.2. The summed E-state index contributed by atoms with van der Waals surface area (Å²) >= 11 is 0. The third kappa shape index (κ3) is 3.87. The molecule has 0 bridgehead atoms. The molecule has 0 saturated heterocycles. The molecule has 4 heteroatoms. The van der Waals surface area contributed by atoms with Crippen molar-refractivity contribution in [1.82, 2.24) is 9.13 Å². The second kappa shape index (κ2) is 6.96. The maximum atomic E-state index is 12.1. The Balaban J connectivity index is 2.11. The van der Waals surface area contributed by atoms with Crippen LogP contribution in [0.5, 0.6) is 0 Å². The van der Waals surface area contributed by atoms with Crippen LogP contribution in [0.25, 0.3) is 0 Å². The molecule has 0 amide bonds. The monoisotopic (exact) mass is 284 g/mol. The minimum Gasteiger partial charge on any atom is -0.395 e. The molecular formula is C17H20N2O2. The first kappa shape index (κ1) is 15.1. The average Bonchev–Trinajstić information content (AvgIpc) is 2.82. The first-order valence-corrected chi connectivity index (χ1v) is 7.07. The van der Waals surface area contributed by atoms with E-state index in [1.54, 1.807) is 9.13 Å². The van der Waals surface area contributed by atoms with E-state index < -0.39 is 0 Å². The molecule has 1 aromatic heterocycles. The van der Waals surface area contributed by atoms with E-state index in [2.05, 4.69) is 11.8 Å². The van der Waals surface area contributed by atoms with Gasteiger partial charge in [-0.15, -0.1) is 0 Å². The minimum atomic E-state index is 0.0109. The molecule has 0 fully saturated rings. The van der Waals surface area contributed by atoms with Crippen molar-refractivity contribution in [2.75, 3.05) is 6.61 Å². The van der Waals surface area contributed by atoms with Crippen molar-refractivity contribution in [2.24, 2.45) is 0 Å². The predicted octanol–water partition coefficient (Wildman–Crippen LogP) is 2.01. The fourth-order valence-electron chi connectivity index (χ4n) is 2.05. The Morgan fingerprint density at radius 3 is 2.48 bits per heavy atom. The number of benzene rings is 1. The van der Waals surface area contributed by atoms with Crippen LogP contribution < -0.4 is 5.69 Å². The molecule has 2 rings (SSSR count). The van der Waals surface area contributed by atoms with Gasteiger partial charge in [0.15, 0.2) is 0 Å². The quantitative estimate of drug-likeness (QED) is 0.873. The highest BCUT2D eigenvalue weighted by atomic mass is 16.2. The summed E-state index contributed by atoms with van der Waals surface area (Å²) in [6, 6.07) is 7.99. The molecule has 0 aliphatic carbocycles. The van der Waals surface area contributed by atoms with Crippen LogP contribution in [-0.2, 0) is 6.54 Å². The number of rotatable bonds is 4. The lowest BCUT2D eigenvalue weighted by Crippen LogP contribution is -2.25. The number of aliphatic hydroxyl groups excluding tert-OH is 1. The topological polar surface area (TPSA) is 47.2 Å². The lowest BCUT2D eigenvalue weighted by atomic mass is 10.1.